The molecule has 1 nitrogen and oxygen atoms in total. The second-order valence-electron chi connectivity index (χ2n) is 4.37. The van der Waals surface area contributed by atoms with E-state index in [2.05, 4.69) is 12.2 Å². The number of nitrogens with one attached hydrogen (secondary N) is 1. The highest BCUT2D eigenvalue weighted by Gasteiger charge is 2.35. The predicted octanol–water partition coefficient (Wildman–Crippen LogP) is 2.53. The van der Waals surface area contributed by atoms with Crippen LogP contribution < -0.4 is 5.32 Å². The van der Waals surface area contributed by atoms with Crippen molar-refractivity contribution in [3.05, 3.63) is 0 Å². The predicted molar refractivity (Wildman–Crippen MR) is 52.6 cm³/mol. The second-order valence-corrected chi connectivity index (χ2v) is 4.93. The highest BCUT2D eigenvalue weighted by Crippen LogP contribution is 2.35. The molecule has 4 unspecified atom stereocenters. The molecule has 4 atom stereocenters. The van der Waals surface area contributed by atoms with Crippen LogP contribution >= 0.6 is 11.6 Å². The molecule has 1 heterocycles. The first-order valence-corrected chi connectivity index (χ1v) is 5.61. The van der Waals surface area contributed by atoms with E-state index in [1.54, 1.807) is 0 Å². The van der Waals surface area contributed by atoms with Gasteiger partial charge < -0.3 is 5.32 Å². The van der Waals surface area contributed by atoms with Gasteiger partial charge in [0.15, 0.2) is 0 Å². The number of alkyl halides is 1. The molecule has 0 radical (unpaired) electrons. The van der Waals surface area contributed by atoms with Gasteiger partial charge in [-0.25, -0.2) is 0 Å². The average Bonchev–Trinajstić information content (AvgIpc) is 2.04. The Morgan fingerprint density at radius 2 is 2.00 bits per heavy atom. The van der Waals surface area contributed by atoms with E-state index in [0.717, 1.165) is 18.4 Å². The van der Waals surface area contributed by atoms with Crippen LogP contribution in [0.3, 0.4) is 0 Å². The van der Waals surface area contributed by atoms with Crippen LogP contribution in [-0.2, 0) is 0 Å². The summed E-state index contributed by atoms with van der Waals surface area (Å²) in [7, 11) is 0. The van der Waals surface area contributed by atoms with Gasteiger partial charge in [-0.1, -0.05) is 12.8 Å². The molecule has 2 rings (SSSR count). The van der Waals surface area contributed by atoms with E-state index in [-0.39, 0.29) is 0 Å². The molecular formula is C10H18ClN. The van der Waals surface area contributed by atoms with Gasteiger partial charge >= 0.3 is 0 Å². The number of piperidine rings is 1. The molecule has 1 aliphatic heterocycles. The quantitative estimate of drug-likeness (QED) is 0.575. The summed E-state index contributed by atoms with van der Waals surface area (Å²) in [4.78, 5) is 0. The smallest absolute Gasteiger partial charge is 0.0393 e. The Balaban J connectivity index is 2.01. The van der Waals surface area contributed by atoms with Gasteiger partial charge in [0.1, 0.15) is 0 Å². The Bertz CT molecular complexity index is 160. The molecular weight excluding hydrogens is 170 g/mol. The zero-order valence-electron chi connectivity index (χ0n) is 7.72. The van der Waals surface area contributed by atoms with Crippen molar-refractivity contribution in [3.63, 3.8) is 0 Å². The molecule has 1 saturated heterocycles. The van der Waals surface area contributed by atoms with E-state index in [0.29, 0.717) is 11.4 Å². The molecule has 1 aliphatic carbocycles. The third-order valence-corrected chi connectivity index (χ3v) is 3.86. The summed E-state index contributed by atoms with van der Waals surface area (Å²) in [5.74, 6) is 0.761. The van der Waals surface area contributed by atoms with Crippen LogP contribution in [0.15, 0.2) is 0 Å². The van der Waals surface area contributed by atoms with Crippen LogP contribution in [0.1, 0.15) is 39.0 Å². The Kier molecular flexibility index (Phi) is 2.61. The van der Waals surface area contributed by atoms with Crippen LogP contribution in [-0.4, -0.2) is 17.5 Å². The fraction of sp³-hybridized carbons (Fsp3) is 1.00. The standard InChI is InChI=1S/C10H18ClN/c1-7-6-9(11)8-4-2-3-5-10(8)12-7/h7-10,12H,2-6H2,1H3. The molecule has 2 fully saturated rings. The van der Waals surface area contributed by atoms with Gasteiger partial charge in [0.25, 0.3) is 0 Å². The van der Waals surface area contributed by atoms with Crippen LogP contribution in [0, 0.1) is 5.92 Å². The van der Waals surface area contributed by atoms with Crippen LogP contribution in [0.4, 0.5) is 0 Å². The second kappa shape index (κ2) is 3.55. The number of fused-ring (bicyclic) bond motifs is 1. The van der Waals surface area contributed by atoms with Crippen molar-refractivity contribution in [2.75, 3.05) is 0 Å². The normalized spacial score (nSPS) is 48.5. The largest absolute Gasteiger partial charge is 0.311 e. The summed E-state index contributed by atoms with van der Waals surface area (Å²) in [5.41, 5.74) is 0. The van der Waals surface area contributed by atoms with E-state index in [1.165, 1.54) is 25.7 Å². The van der Waals surface area contributed by atoms with Crippen molar-refractivity contribution in [2.24, 2.45) is 5.92 Å². The van der Waals surface area contributed by atoms with Gasteiger partial charge in [-0.3, -0.25) is 0 Å². The number of hydrogen-bond acceptors (Lipinski definition) is 1. The van der Waals surface area contributed by atoms with Crippen molar-refractivity contribution in [3.8, 4) is 0 Å². The molecule has 2 heteroatoms. The molecule has 0 aromatic carbocycles. The Labute approximate surface area is 79.9 Å². The molecule has 0 bridgehead atoms. The minimum atomic E-state index is 0.437. The summed E-state index contributed by atoms with van der Waals surface area (Å²) < 4.78 is 0. The fourth-order valence-corrected chi connectivity index (χ4v) is 3.31. The molecule has 70 valence electrons. The Morgan fingerprint density at radius 3 is 2.83 bits per heavy atom. The highest BCUT2D eigenvalue weighted by atomic mass is 35.5. The van der Waals surface area contributed by atoms with E-state index in [1.807, 2.05) is 0 Å². The Morgan fingerprint density at radius 1 is 1.25 bits per heavy atom. The molecule has 1 saturated carbocycles. The summed E-state index contributed by atoms with van der Waals surface area (Å²) in [6.45, 7) is 2.25. The topological polar surface area (TPSA) is 12.0 Å². The zero-order chi connectivity index (χ0) is 8.55. The lowest BCUT2D eigenvalue weighted by Gasteiger charge is -2.42. The van der Waals surface area contributed by atoms with Crippen molar-refractivity contribution >= 4 is 11.6 Å². The summed E-state index contributed by atoms with van der Waals surface area (Å²) in [5, 5.41) is 4.10. The van der Waals surface area contributed by atoms with Crippen molar-refractivity contribution in [2.45, 2.75) is 56.5 Å². The maximum Gasteiger partial charge on any atom is 0.0393 e. The first-order chi connectivity index (χ1) is 5.77. The van der Waals surface area contributed by atoms with Crippen LogP contribution in [0.25, 0.3) is 0 Å². The molecule has 0 amide bonds. The van der Waals surface area contributed by atoms with Crippen molar-refractivity contribution in [1.82, 2.24) is 5.32 Å². The van der Waals surface area contributed by atoms with E-state index < -0.39 is 0 Å². The van der Waals surface area contributed by atoms with E-state index in [9.17, 15) is 0 Å². The fourth-order valence-electron chi connectivity index (χ4n) is 2.75. The number of rotatable bonds is 0. The maximum absolute atomic E-state index is 6.35. The molecule has 2 aliphatic rings. The molecule has 12 heavy (non-hydrogen) atoms. The molecule has 0 aromatic heterocycles. The average molecular weight is 188 g/mol. The minimum absolute atomic E-state index is 0.437. The summed E-state index contributed by atoms with van der Waals surface area (Å²) in [6.07, 6.45) is 6.63. The van der Waals surface area contributed by atoms with Gasteiger partial charge in [0.05, 0.1) is 0 Å². The Hall–Kier alpha value is 0.250. The molecule has 0 aromatic rings. The monoisotopic (exact) mass is 187 g/mol. The lowest BCUT2D eigenvalue weighted by Crippen LogP contribution is -2.52. The molecule has 1 N–H and O–H groups in total. The molecule has 0 spiro atoms. The lowest BCUT2D eigenvalue weighted by molar-refractivity contribution is 0.187. The van der Waals surface area contributed by atoms with E-state index in [4.69, 9.17) is 11.6 Å². The zero-order valence-corrected chi connectivity index (χ0v) is 8.48. The number of hydrogen-bond donors (Lipinski definition) is 1. The van der Waals surface area contributed by atoms with E-state index >= 15 is 0 Å². The summed E-state index contributed by atoms with van der Waals surface area (Å²) >= 11 is 6.35. The van der Waals surface area contributed by atoms with Crippen molar-refractivity contribution in [1.29, 1.82) is 0 Å². The minimum Gasteiger partial charge on any atom is -0.311 e. The third-order valence-electron chi connectivity index (χ3n) is 3.36. The SMILES string of the molecule is CC1CC(Cl)C2CCCCC2N1. The first kappa shape index (κ1) is 8.83. The van der Waals surface area contributed by atoms with Gasteiger partial charge in [-0.15, -0.1) is 11.6 Å². The maximum atomic E-state index is 6.35. The van der Waals surface area contributed by atoms with Gasteiger partial charge in [0.2, 0.25) is 0 Å². The number of halogens is 1. The summed E-state index contributed by atoms with van der Waals surface area (Å²) in [6, 6.07) is 1.36. The lowest BCUT2D eigenvalue weighted by atomic mass is 9.77. The van der Waals surface area contributed by atoms with Crippen LogP contribution in [0.5, 0.6) is 0 Å². The highest BCUT2D eigenvalue weighted by molar-refractivity contribution is 6.20. The third kappa shape index (κ3) is 1.62. The van der Waals surface area contributed by atoms with Crippen molar-refractivity contribution < 1.29 is 0 Å². The van der Waals surface area contributed by atoms with Gasteiger partial charge in [-0.05, 0) is 32.1 Å². The van der Waals surface area contributed by atoms with Gasteiger partial charge in [0, 0.05) is 17.5 Å². The first-order valence-electron chi connectivity index (χ1n) is 5.17. The van der Waals surface area contributed by atoms with Gasteiger partial charge in [-0.2, -0.15) is 0 Å². The van der Waals surface area contributed by atoms with Crippen LogP contribution in [0.2, 0.25) is 0 Å².